The van der Waals surface area contributed by atoms with Gasteiger partial charge >= 0.3 is 0 Å². The second-order valence-electron chi connectivity index (χ2n) is 28.2. The third-order valence-corrected chi connectivity index (χ3v) is 19.1. The van der Waals surface area contributed by atoms with Crippen molar-refractivity contribution in [2.24, 2.45) is 0 Å². The molecule has 0 bridgehead atoms. The minimum absolute atomic E-state index is 0.147. The zero-order valence-corrected chi connectivity index (χ0v) is 63.5. The van der Waals surface area contributed by atoms with E-state index in [-0.39, 0.29) is 25.8 Å². The van der Waals surface area contributed by atoms with Crippen molar-refractivity contribution in [3.63, 3.8) is 0 Å². The first kappa shape index (κ1) is 89.6. The van der Waals surface area contributed by atoms with E-state index in [2.05, 4.69) is 55.4 Å². The Hall–Kier alpha value is -1.44. The fourth-order valence-electron chi connectivity index (χ4n) is 12.9. The molecule has 0 saturated heterocycles. The van der Waals surface area contributed by atoms with E-state index in [0.29, 0.717) is 13.2 Å². The van der Waals surface area contributed by atoms with Crippen LogP contribution in [0.25, 0.3) is 0 Å². The zero-order valence-electron chi connectivity index (χ0n) is 63.5. The Bertz CT molecular complexity index is 1330. The van der Waals surface area contributed by atoms with Gasteiger partial charge in [0, 0.05) is 12.8 Å². The number of rotatable bonds is 80. The van der Waals surface area contributed by atoms with Crippen molar-refractivity contribution in [3.8, 4) is 0 Å². The standard InChI is InChI=1S/C84H166O7/c1-9-17-25-33-39-45-47-49-55-63-69-79(86-73-65-57-51-41-35-27-19-11-3)83(88-75-67-59-53-43-37-29-21-13-5)81(71-61-31-23-15-7)90-77-85-78-91-82(72-62-32-24-16-8)84(89-76-68-60-54-44-38-30-22-14-6)80(87-74-66-58-52-42-36-28-20-12-4)70-64-56-50-48-46-40-34-26-18-10-2/h81-82H,9-78H2,1-8H3. The fourth-order valence-corrected chi connectivity index (χ4v) is 12.9. The quantitative estimate of drug-likeness (QED) is 0.0341. The molecular weight excluding hydrogens is 1120 g/mol. The molecule has 7 nitrogen and oxygen atoms in total. The number of hydrogen-bond donors (Lipinski definition) is 0. The van der Waals surface area contributed by atoms with Crippen LogP contribution in [0.4, 0.5) is 0 Å². The van der Waals surface area contributed by atoms with Gasteiger partial charge in [-0.2, -0.15) is 0 Å². The highest BCUT2D eigenvalue weighted by Gasteiger charge is 2.26. The van der Waals surface area contributed by atoms with Gasteiger partial charge in [-0.3, -0.25) is 0 Å². The van der Waals surface area contributed by atoms with Crippen LogP contribution >= 0.6 is 0 Å². The molecule has 0 aromatic carbocycles. The van der Waals surface area contributed by atoms with Crippen LogP contribution in [0.2, 0.25) is 0 Å². The fraction of sp³-hybridized carbons (Fsp3) is 0.952. The van der Waals surface area contributed by atoms with Crippen molar-refractivity contribution in [1.29, 1.82) is 0 Å². The van der Waals surface area contributed by atoms with Crippen molar-refractivity contribution < 1.29 is 33.2 Å². The van der Waals surface area contributed by atoms with Crippen LogP contribution in [-0.2, 0) is 33.2 Å². The topological polar surface area (TPSA) is 64.6 Å². The highest BCUT2D eigenvalue weighted by Crippen LogP contribution is 2.30. The molecule has 544 valence electrons. The van der Waals surface area contributed by atoms with Gasteiger partial charge in [0.25, 0.3) is 0 Å². The van der Waals surface area contributed by atoms with E-state index in [4.69, 9.17) is 33.2 Å². The van der Waals surface area contributed by atoms with Crippen molar-refractivity contribution >= 4 is 0 Å². The lowest BCUT2D eigenvalue weighted by molar-refractivity contribution is -0.167. The monoisotopic (exact) mass is 1290 g/mol. The number of allylic oxidation sites excluding steroid dienone is 2. The molecule has 7 heteroatoms. The molecule has 0 aliphatic rings. The number of hydrogen-bond acceptors (Lipinski definition) is 7. The maximum atomic E-state index is 7.10. The smallest absolute Gasteiger partial charge is 0.162 e. The lowest BCUT2D eigenvalue weighted by Gasteiger charge is -2.26. The Balaban J connectivity index is 7.05. The summed E-state index contributed by atoms with van der Waals surface area (Å²) in [5, 5.41) is 0. The molecule has 0 heterocycles. The predicted molar refractivity (Wildman–Crippen MR) is 399 cm³/mol. The first-order chi connectivity index (χ1) is 45.1. The van der Waals surface area contributed by atoms with Crippen LogP contribution in [0, 0.1) is 0 Å². The van der Waals surface area contributed by atoms with E-state index in [1.807, 2.05) is 0 Å². The van der Waals surface area contributed by atoms with Gasteiger partial charge in [-0.25, -0.2) is 0 Å². The lowest BCUT2D eigenvalue weighted by Crippen LogP contribution is -2.25. The minimum Gasteiger partial charge on any atom is -0.494 e. The van der Waals surface area contributed by atoms with Gasteiger partial charge in [0.2, 0.25) is 0 Å². The molecule has 0 amide bonds. The molecule has 2 unspecified atom stereocenters. The summed E-state index contributed by atoms with van der Waals surface area (Å²) in [5.41, 5.74) is 0. The Morgan fingerprint density at radius 3 is 0.615 bits per heavy atom. The van der Waals surface area contributed by atoms with Crippen molar-refractivity contribution in [2.75, 3.05) is 40.0 Å². The Morgan fingerprint density at radius 2 is 0.385 bits per heavy atom. The summed E-state index contributed by atoms with van der Waals surface area (Å²) in [7, 11) is 0. The van der Waals surface area contributed by atoms with E-state index in [1.165, 1.54) is 334 Å². The first-order valence-electron chi connectivity index (χ1n) is 41.9. The zero-order chi connectivity index (χ0) is 65.9. The molecule has 0 fully saturated rings. The maximum Gasteiger partial charge on any atom is 0.162 e. The summed E-state index contributed by atoms with van der Waals surface area (Å²) in [4.78, 5) is 0. The van der Waals surface area contributed by atoms with Crippen LogP contribution < -0.4 is 0 Å². The SMILES string of the molecule is CCCCCCCCCCCCC(OCCCCCCCCCC)=C(OCCCCCCCCCC)C(CCCCCC)OCOCOC(CCCCCC)C(OCCCCCCCCCC)=C(CCCCCCCCCCCC)OCCCCCCCCCC. The van der Waals surface area contributed by atoms with Gasteiger partial charge in [0.1, 0.15) is 23.7 Å². The molecule has 0 aromatic heterocycles. The van der Waals surface area contributed by atoms with Gasteiger partial charge in [-0.15, -0.1) is 0 Å². The molecule has 0 radical (unpaired) electrons. The molecule has 91 heavy (non-hydrogen) atoms. The van der Waals surface area contributed by atoms with E-state index in [9.17, 15) is 0 Å². The molecule has 0 aromatic rings. The molecule has 0 aliphatic carbocycles. The molecule has 0 aliphatic heterocycles. The van der Waals surface area contributed by atoms with Crippen molar-refractivity contribution in [3.05, 3.63) is 23.0 Å². The van der Waals surface area contributed by atoms with E-state index >= 15 is 0 Å². The normalized spacial score (nSPS) is 13.0. The molecule has 0 saturated carbocycles. The summed E-state index contributed by atoms with van der Waals surface area (Å²) >= 11 is 0. The van der Waals surface area contributed by atoms with Crippen LogP contribution in [0.3, 0.4) is 0 Å². The first-order valence-corrected chi connectivity index (χ1v) is 41.9. The maximum absolute atomic E-state index is 7.10. The molecule has 2 atom stereocenters. The highest BCUT2D eigenvalue weighted by atomic mass is 16.7. The van der Waals surface area contributed by atoms with Crippen LogP contribution in [-0.4, -0.2) is 52.2 Å². The van der Waals surface area contributed by atoms with Crippen molar-refractivity contribution in [1.82, 2.24) is 0 Å². The van der Waals surface area contributed by atoms with E-state index in [1.54, 1.807) is 0 Å². The molecular formula is C84H166O7. The van der Waals surface area contributed by atoms with Gasteiger partial charge in [0.15, 0.2) is 25.1 Å². The second kappa shape index (κ2) is 77.6. The van der Waals surface area contributed by atoms with Crippen molar-refractivity contribution in [2.45, 2.75) is 479 Å². The second-order valence-corrected chi connectivity index (χ2v) is 28.2. The summed E-state index contributed by atoms with van der Waals surface area (Å²) in [6.45, 7) is 21.7. The number of ether oxygens (including phenoxy) is 7. The summed E-state index contributed by atoms with van der Waals surface area (Å²) in [6, 6.07) is 0. The Kier molecular flexibility index (Phi) is 76.3. The predicted octanol–water partition coefficient (Wildman–Crippen LogP) is 29.3. The molecule has 0 rings (SSSR count). The van der Waals surface area contributed by atoms with Gasteiger partial charge in [0.05, 0.1) is 26.4 Å². The molecule has 0 N–H and O–H groups in total. The summed E-state index contributed by atoms with van der Waals surface area (Å²) < 4.78 is 48.9. The average Bonchev–Trinajstić information content (AvgIpc) is 2.87. The van der Waals surface area contributed by atoms with Crippen LogP contribution in [0.15, 0.2) is 23.0 Å². The summed E-state index contributed by atoms with van der Waals surface area (Å²) in [6.07, 6.45) is 80.2. The third kappa shape index (κ3) is 63.1. The molecule has 0 spiro atoms. The lowest BCUT2D eigenvalue weighted by atomic mass is 10.0. The average molecular weight is 1290 g/mol. The van der Waals surface area contributed by atoms with E-state index in [0.717, 1.165) is 113 Å². The van der Waals surface area contributed by atoms with E-state index < -0.39 is 0 Å². The third-order valence-electron chi connectivity index (χ3n) is 19.1. The largest absolute Gasteiger partial charge is 0.494 e. The summed E-state index contributed by atoms with van der Waals surface area (Å²) in [5.74, 6) is 4.02. The van der Waals surface area contributed by atoms with Gasteiger partial charge < -0.3 is 33.2 Å². The van der Waals surface area contributed by atoms with Crippen LogP contribution in [0.1, 0.15) is 466 Å². The van der Waals surface area contributed by atoms with Gasteiger partial charge in [-0.1, -0.05) is 402 Å². The van der Waals surface area contributed by atoms with Gasteiger partial charge in [-0.05, 0) is 51.4 Å². The highest BCUT2D eigenvalue weighted by molar-refractivity contribution is 5.09. The minimum atomic E-state index is -0.227. The Labute approximate surface area is 571 Å². The number of unbranched alkanes of at least 4 members (excludes halogenated alkanes) is 52. The van der Waals surface area contributed by atoms with Crippen LogP contribution in [0.5, 0.6) is 0 Å². The Morgan fingerprint density at radius 1 is 0.198 bits per heavy atom.